The van der Waals surface area contributed by atoms with Crippen molar-refractivity contribution in [1.29, 1.82) is 0 Å². The number of hydroxylamine groups is 2. The molecule has 0 unspecified atom stereocenters. The summed E-state index contributed by atoms with van der Waals surface area (Å²) in [5.41, 5.74) is -0.617. The first-order chi connectivity index (χ1) is 14.7. The summed E-state index contributed by atoms with van der Waals surface area (Å²) in [6.45, 7) is 6.50. The summed E-state index contributed by atoms with van der Waals surface area (Å²) in [6, 6.07) is -0.427. The van der Waals surface area contributed by atoms with Gasteiger partial charge >= 0.3 is 6.09 Å². The van der Waals surface area contributed by atoms with Gasteiger partial charge in [0.15, 0.2) is 0 Å². The molecule has 9 heteroatoms. The van der Waals surface area contributed by atoms with E-state index in [2.05, 4.69) is 5.32 Å². The summed E-state index contributed by atoms with van der Waals surface area (Å²) in [4.78, 5) is 17.7. The molecular formula is C22H44N2O7. The molecule has 2 N–H and O–H groups in total. The minimum absolute atomic E-state index is 0.0149. The fourth-order valence-corrected chi connectivity index (χ4v) is 3.78. The Hall–Kier alpha value is -0.970. The predicted molar refractivity (Wildman–Crippen MR) is 118 cm³/mol. The maximum absolute atomic E-state index is 12.6. The van der Waals surface area contributed by atoms with E-state index in [0.29, 0.717) is 25.6 Å². The van der Waals surface area contributed by atoms with Crippen LogP contribution in [0, 0.1) is 5.92 Å². The van der Waals surface area contributed by atoms with Crippen molar-refractivity contribution in [3.8, 4) is 0 Å². The average molecular weight is 449 g/mol. The Morgan fingerprint density at radius 1 is 1.16 bits per heavy atom. The van der Waals surface area contributed by atoms with Crippen molar-refractivity contribution in [2.24, 2.45) is 5.92 Å². The van der Waals surface area contributed by atoms with Crippen molar-refractivity contribution in [3.05, 3.63) is 0 Å². The number of nitrogens with zero attached hydrogens (tertiary/aromatic N) is 1. The van der Waals surface area contributed by atoms with Gasteiger partial charge in [-0.15, -0.1) is 0 Å². The highest BCUT2D eigenvalue weighted by atomic mass is 16.7. The highest BCUT2D eigenvalue weighted by molar-refractivity contribution is 5.68. The number of hydrogen-bond donors (Lipinski definition) is 2. The SMILES string of the molecule is COCCOCO[C@H]([C@H](CC1CCCCC1)NC(=O)OC(C)(C)C)[C@@H](O)CN(C)OC. The zero-order valence-electron chi connectivity index (χ0n) is 20.2. The molecule has 1 rings (SSSR count). The molecule has 0 aliphatic heterocycles. The molecule has 9 nitrogen and oxygen atoms in total. The van der Waals surface area contributed by atoms with Crippen LogP contribution in [-0.2, 0) is 23.8 Å². The number of nitrogens with one attached hydrogen (secondary N) is 1. The Labute approximate surface area is 187 Å². The molecule has 31 heavy (non-hydrogen) atoms. The zero-order valence-corrected chi connectivity index (χ0v) is 20.2. The molecule has 0 saturated heterocycles. The van der Waals surface area contributed by atoms with Crippen LogP contribution < -0.4 is 5.32 Å². The number of rotatable bonds is 14. The first-order valence-corrected chi connectivity index (χ1v) is 11.3. The number of ether oxygens (including phenoxy) is 4. The predicted octanol–water partition coefficient (Wildman–Crippen LogP) is 2.71. The van der Waals surface area contributed by atoms with Gasteiger partial charge in [0.2, 0.25) is 0 Å². The summed E-state index contributed by atoms with van der Waals surface area (Å²) >= 11 is 0. The molecule has 0 heterocycles. The Balaban J connectivity index is 2.93. The van der Waals surface area contributed by atoms with E-state index < -0.39 is 29.9 Å². The Morgan fingerprint density at radius 2 is 1.84 bits per heavy atom. The van der Waals surface area contributed by atoms with E-state index in [-0.39, 0.29) is 13.3 Å². The minimum Gasteiger partial charge on any atom is -0.444 e. The van der Waals surface area contributed by atoms with Gasteiger partial charge in [-0.05, 0) is 33.1 Å². The van der Waals surface area contributed by atoms with Crippen LogP contribution in [0.4, 0.5) is 4.79 Å². The van der Waals surface area contributed by atoms with E-state index in [0.717, 1.165) is 12.8 Å². The van der Waals surface area contributed by atoms with Gasteiger partial charge < -0.3 is 34.2 Å². The van der Waals surface area contributed by atoms with Gasteiger partial charge in [-0.3, -0.25) is 0 Å². The Kier molecular flexibility index (Phi) is 13.6. The van der Waals surface area contributed by atoms with Crippen LogP contribution >= 0.6 is 0 Å². The van der Waals surface area contributed by atoms with E-state index in [1.165, 1.54) is 31.4 Å². The highest BCUT2D eigenvalue weighted by Gasteiger charge is 2.34. The number of alkyl carbamates (subject to hydrolysis) is 1. The Bertz CT molecular complexity index is 481. The molecule has 1 aliphatic carbocycles. The molecule has 1 amide bonds. The zero-order chi connectivity index (χ0) is 23.3. The normalized spacial score (nSPS) is 18.6. The van der Waals surface area contributed by atoms with Crippen LogP contribution in [0.15, 0.2) is 0 Å². The second-order valence-corrected chi connectivity index (χ2v) is 9.20. The number of aliphatic hydroxyl groups excluding tert-OH is 1. The summed E-state index contributed by atoms with van der Waals surface area (Å²) < 4.78 is 21.9. The molecule has 1 fully saturated rings. The molecule has 0 aromatic carbocycles. The maximum atomic E-state index is 12.6. The van der Waals surface area contributed by atoms with E-state index in [4.69, 9.17) is 23.8 Å². The molecular weight excluding hydrogens is 404 g/mol. The number of aliphatic hydroxyl groups is 1. The lowest BCUT2D eigenvalue weighted by Crippen LogP contribution is -2.54. The fourth-order valence-electron chi connectivity index (χ4n) is 3.78. The molecule has 1 aliphatic rings. The smallest absolute Gasteiger partial charge is 0.407 e. The lowest BCUT2D eigenvalue weighted by Gasteiger charge is -2.36. The highest BCUT2D eigenvalue weighted by Crippen LogP contribution is 2.29. The van der Waals surface area contributed by atoms with Gasteiger partial charge in [-0.25, -0.2) is 4.79 Å². The monoisotopic (exact) mass is 448 g/mol. The van der Waals surface area contributed by atoms with Crippen molar-refractivity contribution in [2.45, 2.75) is 83.1 Å². The van der Waals surface area contributed by atoms with Gasteiger partial charge in [0.1, 0.15) is 18.5 Å². The molecule has 0 radical (unpaired) electrons. The standard InChI is InChI=1S/C22H44N2O7/c1-22(2,3)31-21(26)23-18(14-17-10-8-7-9-11-17)20(19(25)15-24(4)28-6)30-16-29-13-12-27-5/h17-20,25H,7-16H2,1-6H3,(H,23,26)/t18-,19-,20+/m0/s1. The van der Waals surface area contributed by atoms with Gasteiger partial charge in [-0.2, -0.15) is 5.06 Å². The van der Waals surface area contributed by atoms with E-state index in [1.54, 1.807) is 14.2 Å². The van der Waals surface area contributed by atoms with Crippen LogP contribution in [0.25, 0.3) is 0 Å². The van der Waals surface area contributed by atoms with Crippen LogP contribution in [0.3, 0.4) is 0 Å². The minimum atomic E-state index is -0.903. The Morgan fingerprint density at radius 3 is 2.42 bits per heavy atom. The van der Waals surface area contributed by atoms with E-state index >= 15 is 0 Å². The number of carbonyl (C=O) groups is 1. The number of carbonyl (C=O) groups excluding carboxylic acids is 1. The summed E-state index contributed by atoms with van der Waals surface area (Å²) in [6.07, 6.45) is 4.43. The lowest BCUT2D eigenvalue weighted by molar-refractivity contribution is -0.174. The van der Waals surface area contributed by atoms with Crippen LogP contribution in [0.1, 0.15) is 59.3 Å². The molecule has 184 valence electrons. The molecule has 0 spiro atoms. The lowest BCUT2D eigenvalue weighted by atomic mass is 9.83. The number of amides is 1. The van der Waals surface area contributed by atoms with Crippen molar-refractivity contribution in [3.63, 3.8) is 0 Å². The van der Waals surface area contributed by atoms with Gasteiger partial charge in [0.25, 0.3) is 0 Å². The quantitative estimate of drug-likeness (QED) is 0.238. The number of hydrogen-bond acceptors (Lipinski definition) is 8. The van der Waals surface area contributed by atoms with Crippen molar-refractivity contribution >= 4 is 6.09 Å². The number of methoxy groups -OCH3 is 1. The maximum Gasteiger partial charge on any atom is 0.407 e. The molecule has 1 saturated carbocycles. The van der Waals surface area contributed by atoms with Gasteiger partial charge in [0.05, 0.1) is 39.0 Å². The summed E-state index contributed by atoms with van der Waals surface area (Å²) in [7, 11) is 4.87. The third-order valence-electron chi connectivity index (χ3n) is 5.32. The summed E-state index contributed by atoms with van der Waals surface area (Å²) in [5.74, 6) is 0.460. The van der Waals surface area contributed by atoms with E-state index in [1.807, 2.05) is 20.8 Å². The van der Waals surface area contributed by atoms with Crippen LogP contribution in [-0.4, -0.2) is 87.9 Å². The topological polar surface area (TPSA) is 98.7 Å². The second-order valence-electron chi connectivity index (χ2n) is 9.20. The molecule has 0 aromatic rings. The third kappa shape index (κ3) is 12.6. The fraction of sp³-hybridized carbons (Fsp3) is 0.955. The van der Waals surface area contributed by atoms with Crippen molar-refractivity contribution in [1.82, 2.24) is 10.4 Å². The largest absolute Gasteiger partial charge is 0.444 e. The average Bonchev–Trinajstić information content (AvgIpc) is 2.69. The van der Waals surface area contributed by atoms with Crippen LogP contribution in [0.2, 0.25) is 0 Å². The molecule has 0 bridgehead atoms. The third-order valence-corrected chi connectivity index (χ3v) is 5.32. The summed E-state index contributed by atoms with van der Waals surface area (Å²) in [5, 5.41) is 15.4. The van der Waals surface area contributed by atoms with Crippen molar-refractivity contribution < 1.29 is 33.7 Å². The first kappa shape index (κ1) is 28.1. The second kappa shape index (κ2) is 15.0. The van der Waals surface area contributed by atoms with Crippen molar-refractivity contribution in [2.75, 3.05) is 47.8 Å². The molecule has 0 aromatic heterocycles. The van der Waals surface area contributed by atoms with Crippen LogP contribution in [0.5, 0.6) is 0 Å². The number of likely N-dealkylation sites (N-methyl/N-ethyl adjacent to an activating group) is 1. The molecule has 3 atom stereocenters. The van der Waals surface area contributed by atoms with Gasteiger partial charge in [-0.1, -0.05) is 32.1 Å². The van der Waals surface area contributed by atoms with E-state index in [9.17, 15) is 9.90 Å². The van der Waals surface area contributed by atoms with Gasteiger partial charge in [0, 0.05) is 14.2 Å². The first-order valence-electron chi connectivity index (χ1n) is 11.3.